The van der Waals surface area contributed by atoms with Crippen molar-refractivity contribution in [2.24, 2.45) is 0 Å². The summed E-state index contributed by atoms with van der Waals surface area (Å²) in [6.45, 7) is 1.84. The van der Waals surface area contributed by atoms with Crippen LogP contribution in [0.3, 0.4) is 0 Å². The Morgan fingerprint density at radius 1 is 0.697 bits per heavy atom. The van der Waals surface area contributed by atoms with E-state index in [0.29, 0.717) is 16.4 Å². The van der Waals surface area contributed by atoms with Crippen molar-refractivity contribution in [1.29, 1.82) is 0 Å². The topological polar surface area (TPSA) is 18.5 Å². The molecule has 2 nitrogen and oxygen atoms in total. The summed E-state index contributed by atoms with van der Waals surface area (Å²) in [4.78, 5) is 0.544. The average Bonchev–Trinajstić information content (AvgIpc) is 2.83. The van der Waals surface area contributed by atoms with E-state index in [1.54, 1.807) is 25.3 Å². The smallest absolute Gasteiger partial charge is 0.298 e. The van der Waals surface area contributed by atoms with Gasteiger partial charge < -0.3 is 9.47 Å². The maximum absolute atomic E-state index is 14.9. The van der Waals surface area contributed by atoms with E-state index in [-0.39, 0.29) is 11.1 Å². The predicted molar refractivity (Wildman–Crippen MR) is 130 cm³/mol. The molecule has 0 heterocycles. The van der Waals surface area contributed by atoms with Crippen molar-refractivity contribution in [1.82, 2.24) is 0 Å². The Hall–Kier alpha value is -3.31. The van der Waals surface area contributed by atoms with Crippen LogP contribution in [-0.4, -0.2) is 7.11 Å². The molecule has 0 saturated carbocycles. The molecule has 0 radical (unpaired) electrons. The zero-order valence-electron chi connectivity index (χ0n) is 18.4. The SMILES string of the molecule is COc1ccc(Cc2ccc(Oc3ccc(C(F)(F)c4ccc(C)c(S)c4)cc3)cc2)cc1. The summed E-state index contributed by atoms with van der Waals surface area (Å²) >= 11 is 4.27. The third kappa shape index (κ3) is 5.37. The Balaban J connectivity index is 1.42. The second-order valence-corrected chi connectivity index (χ2v) is 8.35. The van der Waals surface area contributed by atoms with Gasteiger partial charge in [-0.3, -0.25) is 0 Å². The lowest BCUT2D eigenvalue weighted by atomic mass is 9.99. The molecule has 0 fully saturated rings. The van der Waals surface area contributed by atoms with Gasteiger partial charge in [0.15, 0.2) is 0 Å². The molecule has 0 spiro atoms. The van der Waals surface area contributed by atoms with E-state index in [4.69, 9.17) is 9.47 Å². The van der Waals surface area contributed by atoms with Crippen molar-refractivity contribution in [3.63, 3.8) is 0 Å². The lowest BCUT2D eigenvalue weighted by Crippen LogP contribution is -2.15. The molecule has 0 atom stereocenters. The van der Waals surface area contributed by atoms with Gasteiger partial charge in [0.25, 0.3) is 5.92 Å². The van der Waals surface area contributed by atoms with E-state index >= 15 is 0 Å². The first-order valence-corrected chi connectivity index (χ1v) is 11.0. The number of alkyl halides is 2. The molecule has 0 N–H and O–H groups in total. The molecule has 0 aliphatic heterocycles. The van der Waals surface area contributed by atoms with Crippen molar-refractivity contribution in [3.8, 4) is 17.2 Å². The van der Waals surface area contributed by atoms with Gasteiger partial charge in [0.1, 0.15) is 17.2 Å². The van der Waals surface area contributed by atoms with Crippen LogP contribution in [0, 0.1) is 6.92 Å². The molecule has 0 aliphatic rings. The van der Waals surface area contributed by atoms with Crippen LogP contribution in [0.2, 0.25) is 0 Å². The number of rotatable bonds is 7. The van der Waals surface area contributed by atoms with Crippen molar-refractivity contribution in [2.45, 2.75) is 24.2 Å². The zero-order valence-corrected chi connectivity index (χ0v) is 19.3. The lowest BCUT2D eigenvalue weighted by Gasteiger charge is -2.18. The molecular formula is C28H24F2O2S. The highest BCUT2D eigenvalue weighted by Crippen LogP contribution is 2.38. The van der Waals surface area contributed by atoms with Crippen LogP contribution < -0.4 is 9.47 Å². The monoisotopic (exact) mass is 462 g/mol. The highest BCUT2D eigenvalue weighted by molar-refractivity contribution is 7.80. The third-order valence-electron chi connectivity index (χ3n) is 5.51. The van der Waals surface area contributed by atoms with Crippen LogP contribution in [0.1, 0.15) is 27.8 Å². The van der Waals surface area contributed by atoms with E-state index < -0.39 is 5.92 Å². The predicted octanol–water partition coefficient (Wildman–Crippen LogP) is 7.82. The molecular weight excluding hydrogens is 438 g/mol. The molecule has 168 valence electrons. The van der Waals surface area contributed by atoms with Gasteiger partial charge in [-0.05, 0) is 84.6 Å². The third-order valence-corrected chi connectivity index (χ3v) is 6.00. The van der Waals surface area contributed by atoms with E-state index in [2.05, 4.69) is 12.6 Å². The Morgan fingerprint density at radius 3 is 1.70 bits per heavy atom. The summed E-state index contributed by atoms with van der Waals surface area (Å²) in [5, 5.41) is 0. The fourth-order valence-corrected chi connectivity index (χ4v) is 3.71. The van der Waals surface area contributed by atoms with Crippen molar-refractivity contribution in [2.75, 3.05) is 7.11 Å². The fraction of sp³-hybridized carbons (Fsp3) is 0.143. The van der Waals surface area contributed by atoms with Gasteiger partial charge >= 0.3 is 0 Å². The van der Waals surface area contributed by atoms with Crippen LogP contribution >= 0.6 is 12.6 Å². The number of hydrogen-bond acceptors (Lipinski definition) is 3. The van der Waals surface area contributed by atoms with E-state index in [0.717, 1.165) is 23.3 Å². The largest absolute Gasteiger partial charge is 0.497 e. The van der Waals surface area contributed by atoms with Crippen LogP contribution in [0.15, 0.2) is 95.9 Å². The number of aryl methyl sites for hydroxylation is 1. The molecule has 0 bridgehead atoms. The Bertz CT molecular complexity index is 1220. The standard InChI is InChI=1S/C28H24F2O2S/c1-19-3-8-23(18-27(19)33)28(29,30)22-9-15-26(16-10-22)32-25-13-6-21(7-14-25)17-20-4-11-24(31-2)12-5-20/h3-16,18,33H,17H2,1-2H3. The number of thiol groups is 1. The number of halogens is 2. The maximum atomic E-state index is 14.9. The summed E-state index contributed by atoms with van der Waals surface area (Å²) in [5.41, 5.74) is 3.00. The molecule has 0 saturated heterocycles. The highest BCUT2D eigenvalue weighted by Gasteiger charge is 2.34. The van der Waals surface area contributed by atoms with Crippen molar-refractivity contribution < 1.29 is 18.3 Å². The Kier molecular flexibility index (Phi) is 6.70. The first kappa shape index (κ1) is 22.9. The molecule has 4 aromatic carbocycles. The zero-order chi connectivity index (χ0) is 23.4. The van der Waals surface area contributed by atoms with E-state index in [9.17, 15) is 8.78 Å². The minimum Gasteiger partial charge on any atom is -0.497 e. The summed E-state index contributed by atoms with van der Waals surface area (Å²) in [6.07, 6.45) is 0.793. The Labute approximate surface area is 198 Å². The lowest BCUT2D eigenvalue weighted by molar-refractivity contribution is 0.0426. The van der Waals surface area contributed by atoms with Crippen LogP contribution in [0.25, 0.3) is 0 Å². The molecule has 0 amide bonds. The molecule has 0 unspecified atom stereocenters. The van der Waals surface area contributed by atoms with Gasteiger partial charge in [0, 0.05) is 16.0 Å². The summed E-state index contributed by atoms with van der Waals surface area (Å²) in [7, 11) is 1.65. The summed E-state index contributed by atoms with van der Waals surface area (Å²) in [5.74, 6) is -1.15. The molecule has 4 rings (SSSR count). The normalized spacial score (nSPS) is 11.3. The summed E-state index contributed by atoms with van der Waals surface area (Å²) < 4.78 is 40.9. The second kappa shape index (κ2) is 9.67. The molecule has 33 heavy (non-hydrogen) atoms. The number of hydrogen-bond donors (Lipinski definition) is 1. The molecule has 4 aromatic rings. The second-order valence-electron chi connectivity index (χ2n) is 7.87. The van der Waals surface area contributed by atoms with E-state index in [1.807, 2.05) is 55.5 Å². The van der Waals surface area contributed by atoms with Crippen LogP contribution in [0.5, 0.6) is 17.2 Å². The number of ether oxygens (including phenoxy) is 2. The summed E-state index contributed by atoms with van der Waals surface area (Å²) in [6, 6.07) is 26.1. The van der Waals surface area contributed by atoms with Gasteiger partial charge in [-0.25, -0.2) is 0 Å². The minimum absolute atomic E-state index is 0.0841. The van der Waals surface area contributed by atoms with Gasteiger partial charge in [-0.1, -0.05) is 36.4 Å². The highest BCUT2D eigenvalue weighted by atomic mass is 32.1. The van der Waals surface area contributed by atoms with Gasteiger partial charge in [-0.2, -0.15) is 8.78 Å². The molecule has 0 aromatic heterocycles. The first-order valence-electron chi connectivity index (χ1n) is 10.5. The van der Waals surface area contributed by atoms with Crippen LogP contribution in [0.4, 0.5) is 8.78 Å². The first-order chi connectivity index (χ1) is 15.8. The van der Waals surface area contributed by atoms with Crippen molar-refractivity contribution >= 4 is 12.6 Å². The Morgan fingerprint density at radius 2 is 1.18 bits per heavy atom. The quantitative estimate of drug-likeness (QED) is 0.282. The van der Waals surface area contributed by atoms with Gasteiger partial charge in [0.05, 0.1) is 7.11 Å². The number of methoxy groups -OCH3 is 1. The average molecular weight is 463 g/mol. The molecule has 0 aliphatic carbocycles. The molecule has 5 heteroatoms. The van der Waals surface area contributed by atoms with Crippen molar-refractivity contribution in [3.05, 3.63) is 119 Å². The maximum Gasteiger partial charge on any atom is 0.298 e. The van der Waals surface area contributed by atoms with Crippen LogP contribution in [-0.2, 0) is 12.3 Å². The van der Waals surface area contributed by atoms with E-state index in [1.165, 1.54) is 29.8 Å². The minimum atomic E-state index is -3.12. The fourth-order valence-electron chi connectivity index (χ4n) is 3.49. The number of benzene rings is 4. The van der Waals surface area contributed by atoms with Gasteiger partial charge in [0.2, 0.25) is 0 Å². The van der Waals surface area contributed by atoms with Gasteiger partial charge in [-0.15, -0.1) is 12.6 Å².